The van der Waals surface area contributed by atoms with Gasteiger partial charge in [0.1, 0.15) is 0 Å². The maximum Gasteiger partial charge on any atom is 0.159 e. The lowest BCUT2D eigenvalue weighted by Crippen LogP contribution is -1.91. The van der Waals surface area contributed by atoms with Gasteiger partial charge in [0.05, 0.1) is 11.7 Å². The number of alkyl halides is 1. The van der Waals surface area contributed by atoms with Gasteiger partial charge in [-0.05, 0) is 31.7 Å². The van der Waals surface area contributed by atoms with Gasteiger partial charge in [0.15, 0.2) is 5.82 Å². The second-order valence-corrected chi connectivity index (χ2v) is 5.46. The minimum absolute atomic E-state index is 0.561. The van der Waals surface area contributed by atoms with Crippen LogP contribution in [0.2, 0.25) is 0 Å². The Balaban J connectivity index is 1.96. The van der Waals surface area contributed by atoms with E-state index in [1.165, 1.54) is 5.56 Å². The molecule has 1 heterocycles. The Morgan fingerprint density at radius 2 is 1.91 bits per heavy atom. The molecule has 0 aliphatic rings. The van der Waals surface area contributed by atoms with Crippen molar-refractivity contribution < 1.29 is 4.39 Å². The molecule has 1 atom stereocenters. The minimum atomic E-state index is -0.753. The van der Waals surface area contributed by atoms with Gasteiger partial charge < -0.3 is 0 Å². The van der Waals surface area contributed by atoms with Crippen LogP contribution in [0.3, 0.4) is 0 Å². The number of hydrogen-bond acceptors (Lipinski definition) is 2. The number of nitrogens with zero attached hydrogens (tertiary/aromatic N) is 2. The monoisotopic (exact) mass is 308 g/mol. The summed E-state index contributed by atoms with van der Waals surface area (Å²) in [7, 11) is 0. The molecule has 0 aliphatic carbocycles. The zero-order valence-electron chi connectivity index (χ0n) is 13.4. The van der Waals surface area contributed by atoms with E-state index in [1.54, 1.807) is 19.3 Å². The van der Waals surface area contributed by atoms with Crippen LogP contribution in [0.4, 0.5) is 4.39 Å². The predicted octanol–water partition coefficient (Wildman–Crippen LogP) is 4.75. The van der Waals surface area contributed by atoms with Crippen LogP contribution in [0.25, 0.3) is 11.4 Å². The largest absolute Gasteiger partial charge is 0.248 e. The fourth-order valence-electron chi connectivity index (χ4n) is 2.13. The van der Waals surface area contributed by atoms with Crippen molar-refractivity contribution in [2.24, 2.45) is 0 Å². The summed E-state index contributed by atoms with van der Waals surface area (Å²) in [5.41, 5.74) is 2.98. The van der Waals surface area contributed by atoms with E-state index in [0.29, 0.717) is 18.7 Å². The van der Waals surface area contributed by atoms with Crippen LogP contribution in [0.5, 0.6) is 0 Å². The lowest BCUT2D eigenvalue weighted by molar-refractivity contribution is 0.336. The first-order valence-corrected chi connectivity index (χ1v) is 7.84. The van der Waals surface area contributed by atoms with E-state index >= 15 is 0 Å². The Kier molecular flexibility index (Phi) is 6.50. The predicted molar refractivity (Wildman–Crippen MR) is 92.7 cm³/mol. The fraction of sp³-hybridized carbons (Fsp3) is 0.300. The van der Waals surface area contributed by atoms with Crippen molar-refractivity contribution in [3.8, 4) is 23.2 Å². The zero-order chi connectivity index (χ0) is 16.5. The molecule has 0 N–H and O–H groups in total. The first kappa shape index (κ1) is 16.9. The van der Waals surface area contributed by atoms with E-state index in [9.17, 15) is 4.39 Å². The van der Waals surface area contributed by atoms with Crippen LogP contribution in [0.1, 0.15) is 37.3 Å². The number of aromatic nitrogens is 2. The topological polar surface area (TPSA) is 25.8 Å². The van der Waals surface area contributed by atoms with E-state index < -0.39 is 6.17 Å². The van der Waals surface area contributed by atoms with Gasteiger partial charge in [-0.15, -0.1) is 6.58 Å². The van der Waals surface area contributed by atoms with Gasteiger partial charge in [-0.3, -0.25) is 0 Å². The van der Waals surface area contributed by atoms with Crippen LogP contribution in [0.15, 0.2) is 49.3 Å². The molecule has 118 valence electrons. The number of hydrogen-bond donors (Lipinski definition) is 0. The summed E-state index contributed by atoms with van der Waals surface area (Å²) in [6, 6.07) is 8.13. The van der Waals surface area contributed by atoms with Crippen molar-refractivity contribution >= 4 is 0 Å². The maximum atomic E-state index is 12.7. The SMILES string of the molecule is C=CCc1ccc(-c2ncc(C#CCCCC(C)F)cn2)cc1. The van der Waals surface area contributed by atoms with Crippen LogP contribution in [-0.4, -0.2) is 16.1 Å². The number of halogens is 1. The summed E-state index contributed by atoms with van der Waals surface area (Å²) < 4.78 is 12.7. The van der Waals surface area contributed by atoms with Gasteiger partial charge in [-0.2, -0.15) is 0 Å². The molecule has 1 aromatic carbocycles. The summed E-state index contributed by atoms with van der Waals surface area (Å²) >= 11 is 0. The molecule has 0 bridgehead atoms. The molecule has 0 radical (unpaired) electrons. The Morgan fingerprint density at radius 1 is 1.22 bits per heavy atom. The van der Waals surface area contributed by atoms with Gasteiger partial charge in [0.25, 0.3) is 0 Å². The van der Waals surface area contributed by atoms with E-state index in [0.717, 1.165) is 24.0 Å². The van der Waals surface area contributed by atoms with Crippen molar-refractivity contribution in [1.82, 2.24) is 9.97 Å². The molecule has 1 aromatic heterocycles. The standard InChI is InChI=1S/C20H21FN2/c1-3-7-17-10-12-19(13-11-17)20-22-14-18(15-23-20)9-6-4-5-8-16(2)21/h3,10-16H,1,4-5,7-8H2,2H3. The van der Waals surface area contributed by atoms with E-state index in [-0.39, 0.29) is 0 Å². The van der Waals surface area contributed by atoms with Crippen LogP contribution >= 0.6 is 0 Å². The summed E-state index contributed by atoms with van der Waals surface area (Å²) in [6.07, 6.45) is 7.48. The summed E-state index contributed by atoms with van der Waals surface area (Å²) in [5, 5.41) is 0. The van der Waals surface area contributed by atoms with Crippen molar-refractivity contribution in [3.05, 3.63) is 60.4 Å². The molecule has 0 saturated heterocycles. The lowest BCUT2D eigenvalue weighted by Gasteiger charge is -2.01. The average molecular weight is 308 g/mol. The third-order valence-corrected chi connectivity index (χ3v) is 3.38. The molecule has 2 aromatic rings. The second kappa shape index (κ2) is 8.85. The smallest absolute Gasteiger partial charge is 0.159 e. The quantitative estimate of drug-likeness (QED) is 0.437. The Bertz CT molecular complexity index is 676. The van der Waals surface area contributed by atoms with E-state index in [2.05, 4.69) is 40.5 Å². The summed E-state index contributed by atoms with van der Waals surface area (Å²) in [6.45, 7) is 5.31. The first-order valence-electron chi connectivity index (χ1n) is 7.84. The van der Waals surface area contributed by atoms with Crippen LogP contribution in [-0.2, 0) is 6.42 Å². The number of rotatable bonds is 6. The highest BCUT2D eigenvalue weighted by atomic mass is 19.1. The van der Waals surface area contributed by atoms with Crippen molar-refractivity contribution in [3.63, 3.8) is 0 Å². The van der Waals surface area contributed by atoms with Crippen LogP contribution < -0.4 is 0 Å². The van der Waals surface area contributed by atoms with Gasteiger partial charge in [0.2, 0.25) is 0 Å². The highest BCUT2D eigenvalue weighted by Crippen LogP contribution is 2.15. The molecular weight excluding hydrogens is 287 g/mol. The Morgan fingerprint density at radius 3 is 2.52 bits per heavy atom. The second-order valence-electron chi connectivity index (χ2n) is 5.46. The molecule has 0 amide bonds. The van der Waals surface area contributed by atoms with Crippen molar-refractivity contribution in [2.45, 2.75) is 38.8 Å². The third kappa shape index (κ3) is 5.67. The molecule has 2 nitrogen and oxygen atoms in total. The molecule has 0 aliphatic heterocycles. The molecule has 1 unspecified atom stereocenters. The highest BCUT2D eigenvalue weighted by molar-refractivity contribution is 5.55. The van der Waals surface area contributed by atoms with Gasteiger partial charge >= 0.3 is 0 Å². The van der Waals surface area contributed by atoms with Gasteiger partial charge in [-0.25, -0.2) is 14.4 Å². The molecule has 0 fully saturated rings. The third-order valence-electron chi connectivity index (χ3n) is 3.38. The molecule has 3 heteroatoms. The Labute approximate surface area is 137 Å². The molecular formula is C20H21FN2. The summed E-state index contributed by atoms with van der Waals surface area (Å²) in [5.74, 6) is 6.73. The number of allylic oxidation sites excluding steroid dienone is 1. The fourth-order valence-corrected chi connectivity index (χ4v) is 2.13. The van der Waals surface area contributed by atoms with Crippen LogP contribution in [0, 0.1) is 11.8 Å². The van der Waals surface area contributed by atoms with E-state index in [1.807, 2.05) is 18.2 Å². The molecule has 0 saturated carbocycles. The van der Waals surface area contributed by atoms with Gasteiger partial charge in [0, 0.05) is 24.4 Å². The Hall–Kier alpha value is -2.47. The average Bonchev–Trinajstić information content (AvgIpc) is 2.56. The normalized spacial score (nSPS) is 11.4. The van der Waals surface area contributed by atoms with Crippen molar-refractivity contribution in [1.29, 1.82) is 0 Å². The molecule has 2 rings (SSSR count). The number of benzene rings is 1. The highest BCUT2D eigenvalue weighted by Gasteiger charge is 2.01. The minimum Gasteiger partial charge on any atom is -0.248 e. The van der Waals surface area contributed by atoms with Crippen molar-refractivity contribution in [2.75, 3.05) is 0 Å². The van der Waals surface area contributed by atoms with E-state index in [4.69, 9.17) is 0 Å². The number of unbranched alkanes of at least 4 members (excludes halogenated alkanes) is 1. The van der Waals surface area contributed by atoms with Gasteiger partial charge in [-0.1, -0.05) is 42.2 Å². The first-order chi connectivity index (χ1) is 11.2. The zero-order valence-corrected chi connectivity index (χ0v) is 13.4. The molecule has 0 spiro atoms. The lowest BCUT2D eigenvalue weighted by atomic mass is 10.1. The maximum absolute atomic E-state index is 12.7. The molecule has 23 heavy (non-hydrogen) atoms. The summed E-state index contributed by atoms with van der Waals surface area (Å²) in [4.78, 5) is 8.72.